The van der Waals surface area contributed by atoms with Gasteiger partial charge in [0.15, 0.2) is 0 Å². The van der Waals surface area contributed by atoms with Crippen LogP contribution < -0.4 is 10.1 Å². The molecular formula is C23H27ClN2O3. The van der Waals surface area contributed by atoms with Gasteiger partial charge in [-0.1, -0.05) is 49.7 Å². The number of ether oxygens (including phenoxy) is 1. The molecule has 3 rings (SSSR count). The number of rotatable bonds is 7. The number of nitrogens with one attached hydrogen (secondary N) is 1. The minimum atomic E-state index is -0.494. The van der Waals surface area contributed by atoms with E-state index in [0.29, 0.717) is 43.3 Å². The predicted octanol–water partition coefficient (Wildman–Crippen LogP) is 3.83. The molecule has 1 N–H and O–H groups in total. The standard InChI is InChI=1S/C23H27ClN2O3/c1-16(2)13-22(27)26-15-18-6-4-3-5-17(18)14-21(26)23(28)25-11-12-29-20-9-7-19(24)8-10-20/h3-10,16,21H,11-15H2,1-2H3,(H,25,28). The zero-order valence-electron chi connectivity index (χ0n) is 16.9. The first-order valence-electron chi connectivity index (χ1n) is 9.96. The molecule has 1 aliphatic rings. The molecule has 0 saturated heterocycles. The number of hydrogen-bond acceptors (Lipinski definition) is 3. The Morgan fingerprint density at radius 3 is 2.52 bits per heavy atom. The Bertz CT molecular complexity index is 851. The molecule has 2 aromatic carbocycles. The van der Waals surface area contributed by atoms with Gasteiger partial charge in [0.05, 0.1) is 6.54 Å². The van der Waals surface area contributed by atoms with Crippen molar-refractivity contribution in [2.24, 2.45) is 5.92 Å². The van der Waals surface area contributed by atoms with E-state index >= 15 is 0 Å². The Labute approximate surface area is 177 Å². The molecule has 0 aliphatic carbocycles. The Hall–Kier alpha value is -2.53. The van der Waals surface area contributed by atoms with E-state index in [2.05, 4.69) is 5.32 Å². The highest BCUT2D eigenvalue weighted by atomic mass is 35.5. The topological polar surface area (TPSA) is 58.6 Å². The Morgan fingerprint density at radius 2 is 1.83 bits per heavy atom. The number of benzene rings is 2. The third-order valence-corrected chi connectivity index (χ3v) is 5.19. The molecule has 1 unspecified atom stereocenters. The second-order valence-corrected chi connectivity index (χ2v) is 8.14. The van der Waals surface area contributed by atoms with E-state index in [-0.39, 0.29) is 17.7 Å². The van der Waals surface area contributed by atoms with Gasteiger partial charge in [-0.15, -0.1) is 0 Å². The SMILES string of the molecule is CC(C)CC(=O)N1Cc2ccccc2CC1C(=O)NCCOc1ccc(Cl)cc1. The number of halogens is 1. The summed E-state index contributed by atoms with van der Waals surface area (Å²) in [6.45, 7) is 5.21. The van der Waals surface area contributed by atoms with Crippen LogP contribution in [-0.2, 0) is 22.6 Å². The number of nitrogens with zero attached hydrogens (tertiary/aromatic N) is 1. The lowest BCUT2D eigenvalue weighted by molar-refractivity contribution is -0.142. The van der Waals surface area contributed by atoms with Crippen molar-refractivity contribution in [3.63, 3.8) is 0 Å². The van der Waals surface area contributed by atoms with Crippen molar-refractivity contribution in [1.29, 1.82) is 0 Å². The first-order chi connectivity index (χ1) is 13.9. The van der Waals surface area contributed by atoms with Crippen LogP contribution in [0.5, 0.6) is 5.75 Å². The fraction of sp³-hybridized carbons (Fsp3) is 0.391. The zero-order chi connectivity index (χ0) is 20.8. The maximum absolute atomic E-state index is 12.9. The molecule has 0 aromatic heterocycles. The first kappa shape index (κ1) is 21.2. The summed E-state index contributed by atoms with van der Waals surface area (Å²) < 4.78 is 5.63. The van der Waals surface area contributed by atoms with Crippen LogP contribution in [0.3, 0.4) is 0 Å². The van der Waals surface area contributed by atoms with Crippen molar-refractivity contribution in [2.45, 2.75) is 39.3 Å². The van der Waals surface area contributed by atoms with E-state index < -0.39 is 6.04 Å². The summed E-state index contributed by atoms with van der Waals surface area (Å²) in [5, 5.41) is 3.57. The molecule has 1 atom stereocenters. The molecule has 0 saturated carbocycles. The molecule has 1 heterocycles. The highest BCUT2D eigenvalue weighted by Crippen LogP contribution is 2.25. The summed E-state index contributed by atoms with van der Waals surface area (Å²) in [7, 11) is 0. The fourth-order valence-electron chi connectivity index (χ4n) is 3.48. The van der Waals surface area contributed by atoms with Crippen LogP contribution >= 0.6 is 11.6 Å². The molecule has 0 spiro atoms. The second kappa shape index (κ2) is 9.79. The van der Waals surface area contributed by atoms with Crippen LogP contribution in [0.2, 0.25) is 5.02 Å². The van der Waals surface area contributed by atoms with Gasteiger partial charge in [-0.2, -0.15) is 0 Å². The van der Waals surface area contributed by atoms with Crippen molar-refractivity contribution in [3.05, 3.63) is 64.7 Å². The van der Waals surface area contributed by atoms with Gasteiger partial charge in [-0.3, -0.25) is 9.59 Å². The van der Waals surface area contributed by atoms with Crippen LogP contribution in [0.1, 0.15) is 31.4 Å². The zero-order valence-corrected chi connectivity index (χ0v) is 17.6. The quantitative estimate of drug-likeness (QED) is 0.700. The Balaban J connectivity index is 1.61. The van der Waals surface area contributed by atoms with Crippen molar-refractivity contribution < 1.29 is 14.3 Å². The molecule has 29 heavy (non-hydrogen) atoms. The molecular weight excluding hydrogens is 388 g/mol. The van der Waals surface area contributed by atoms with E-state index in [4.69, 9.17) is 16.3 Å². The monoisotopic (exact) mass is 414 g/mol. The van der Waals surface area contributed by atoms with Crippen molar-refractivity contribution >= 4 is 23.4 Å². The number of fused-ring (bicyclic) bond motifs is 1. The molecule has 0 radical (unpaired) electrons. The Morgan fingerprint density at radius 1 is 1.14 bits per heavy atom. The van der Waals surface area contributed by atoms with Crippen molar-refractivity contribution in [1.82, 2.24) is 10.2 Å². The Kier molecular flexibility index (Phi) is 7.15. The van der Waals surface area contributed by atoms with Crippen LogP contribution in [0, 0.1) is 5.92 Å². The molecule has 0 bridgehead atoms. The number of hydrogen-bond donors (Lipinski definition) is 1. The average molecular weight is 415 g/mol. The average Bonchev–Trinajstić information content (AvgIpc) is 2.71. The lowest BCUT2D eigenvalue weighted by Crippen LogP contribution is -2.53. The van der Waals surface area contributed by atoms with Gasteiger partial charge in [0.1, 0.15) is 18.4 Å². The normalized spacial score (nSPS) is 15.7. The number of carbonyl (C=O) groups is 2. The fourth-order valence-corrected chi connectivity index (χ4v) is 3.60. The third-order valence-electron chi connectivity index (χ3n) is 4.94. The van der Waals surface area contributed by atoms with Gasteiger partial charge in [0.25, 0.3) is 0 Å². The second-order valence-electron chi connectivity index (χ2n) is 7.70. The summed E-state index contributed by atoms with van der Waals surface area (Å²) in [5.41, 5.74) is 2.23. The van der Waals surface area contributed by atoms with Crippen LogP contribution in [0.25, 0.3) is 0 Å². The lowest BCUT2D eigenvalue weighted by Gasteiger charge is -2.36. The molecule has 2 aromatic rings. The summed E-state index contributed by atoms with van der Waals surface area (Å²) in [6, 6.07) is 14.6. The van der Waals surface area contributed by atoms with Crippen LogP contribution in [0.4, 0.5) is 0 Å². The highest BCUT2D eigenvalue weighted by molar-refractivity contribution is 6.30. The van der Waals surface area contributed by atoms with Gasteiger partial charge in [0.2, 0.25) is 11.8 Å². The first-order valence-corrected chi connectivity index (χ1v) is 10.3. The van der Waals surface area contributed by atoms with Gasteiger partial charge >= 0.3 is 0 Å². The summed E-state index contributed by atoms with van der Waals surface area (Å²) in [4.78, 5) is 27.4. The van der Waals surface area contributed by atoms with Crippen molar-refractivity contribution in [2.75, 3.05) is 13.2 Å². The minimum absolute atomic E-state index is 0.0204. The van der Waals surface area contributed by atoms with E-state index in [1.54, 1.807) is 29.2 Å². The van der Waals surface area contributed by atoms with Crippen LogP contribution in [0.15, 0.2) is 48.5 Å². The van der Waals surface area contributed by atoms with Gasteiger partial charge in [-0.05, 0) is 41.3 Å². The smallest absolute Gasteiger partial charge is 0.243 e. The molecule has 2 amide bonds. The third kappa shape index (κ3) is 5.73. The van der Waals surface area contributed by atoms with Crippen LogP contribution in [-0.4, -0.2) is 35.9 Å². The number of amides is 2. The number of carbonyl (C=O) groups excluding carboxylic acids is 2. The molecule has 0 fully saturated rings. The lowest BCUT2D eigenvalue weighted by atomic mass is 9.92. The van der Waals surface area contributed by atoms with E-state index in [1.165, 1.54) is 0 Å². The molecule has 6 heteroatoms. The van der Waals surface area contributed by atoms with Gasteiger partial charge < -0.3 is 15.0 Å². The van der Waals surface area contributed by atoms with Gasteiger partial charge in [-0.25, -0.2) is 0 Å². The summed E-state index contributed by atoms with van der Waals surface area (Å²) in [6.07, 6.45) is 0.968. The molecule has 1 aliphatic heterocycles. The summed E-state index contributed by atoms with van der Waals surface area (Å²) in [5.74, 6) is 0.823. The predicted molar refractivity (Wildman–Crippen MR) is 114 cm³/mol. The van der Waals surface area contributed by atoms with E-state index in [1.807, 2.05) is 38.1 Å². The highest BCUT2D eigenvalue weighted by Gasteiger charge is 2.34. The maximum Gasteiger partial charge on any atom is 0.243 e. The van der Waals surface area contributed by atoms with Gasteiger partial charge in [0, 0.05) is 24.4 Å². The molecule has 5 nitrogen and oxygen atoms in total. The molecule has 154 valence electrons. The summed E-state index contributed by atoms with van der Waals surface area (Å²) >= 11 is 5.86. The minimum Gasteiger partial charge on any atom is -0.492 e. The largest absolute Gasteiger partial charge is 0.492 e. The van der Waals surface area contributed by atoms with E-state index in [0.717, 1.165) is 11.1 Å². The maximum atomic E-state index is 12.9. The van der Waals surface area contributed by atoms with Crippen molar-refractivity contribution in [3.8, 4) is 5.75 Å². The van der Waals surface area contributed by atoms with E-state index in [9.17, 15) is 9.59 Å².